The molecule has 0 saturated heterocycles. The summed E-state index contributed by atoms with van der Waals surface area (Å²) in [5.74, 6) is -1.23. The van der Waals surface area contributed by atoms with Gasteiger partial charge in [0.2, 0.25) is 0 Å². The highest BCUT2D eigenvalue weighted by molar-refractivity contribution is 7.86. The van der Waals surface area contributed by atoms with Crippen molar-refractivity contribution >= 4 is 10.1 Å². The van der Waals surface area contributed by atoms with Crippen LogP contribution in [0, 0.1) is 5.82 Å². The molecule has 6 nitrogen and oxygen atoms in total. The van der Waals surface area contributed by atoms with E-state index >= 15 is 0 Å². The standard InChI is InChI=1S/C10H15FN2O4S/c1-3-9(18(14,15)16)8(6-17-2)10-12-4-7(11)5-13-10/h4-5,8-9H,3,6H2,1-2H3,(H,14,15,16)/t8-,9-/m1/s1. The van der Waals surface area contributed by atoms with E-state index in [-0.39, 0.29) is 18.9 Å². The molecule has 0 unspecified atom stereocenters. The van der Waals surface area contributed by atoms with Gasteiger partial charge in [-0.1, -0.05) is 6.92 Å². The van der Waals surface area contributed by atoms with Crippen molar-refractivity contribution in [3.05, 3.63) is 24.0 Å². The molecule has 0 aliphatic heterocycles. The van der Waals surface area contributed by atoms with Gasteiger partial charge < -0.3 is 4.74 Å². The molecule has 0 aliphatic carbocycles. The maximum Gasteiger partial charge on any atom is 0.268 e. The molecule has 1 N–H and O–H groups in total. The lowest BCUT2D eigenvalue weighted by atomic mass is 10.0. The Hall–Kier alpha value is -1.12. The van der Waals surface area contributed by atoms with E-state index in [9.17, 15) is 17.4 Å². The van der Waals surface area contributed by atoms with Crippen molar-refractivity contribution in [2.75, 3.05) is 13.7 Å². The van der Waals surface area contributed by atoms with Gasteiger partial charge in [-0.3, -0.25) is 4.55 Å². The van der Waals surface area contributed by atoms with Crippen LogP contribution in [-0.2, 0) is 14.9 Å². The second-order valence-corrected chi connectivity index (χ2v) is 5.42. The summed E-state index contributed by atoms with van der Waals surface area (Å²) in [6.07, 6.45) is 2.07. The number of halogens is 1. The van der Waals surface area contributed by atoms with Crippen LogP contribution in [0.3, 0.4) is 0 Å². The van der Waals surface area contributed by atoms with Crippen molar-refractivity contribution in [3.8, 4) is 0 Å². The zero-order chi connectivity index (χ0) is 13.8. The van der Waals surface area contributed by atoms with Gasteiger partial charge in [-0.05, 0) is 6.42 Å². The van der Waals surface area contributed by atoms with Crippen LogP contribution in [0.2, 0.25) is 0 Å². The number of ether oxygens (including phenoxy) is 1. The van der Waals surface area contributed by atoms with Gasteiger partial charge in [0.05, 0.1) is 30.2 Å². The molecule has 0 saturated carbocycles. The maximum absolute atomic E-state index is 12.7. The quantitative estimate of drug-likeness (QED) is 0.781. The molecule has 0 aliphatic rings. The topological polar surface area (TPSA) is 89.4 Å². The lowest BCUT2D eigenvalue weighted by Gasteiger charge is -2.21. The Balaban J connectivity index is 3.12. The number of hydrogen-bond acceptors (Lipinski definition) is 5. The molecule has 0 bridgehead atoms. The first-order valence-corrected chi connectivity index (χ1v) is 6.83. The second kappa shape index (κ2) is 6.17. The van der Waals surface area contributed by atoms with Gasteiger partial charge >= 0.3 is 0 Å². The number of aromatic nitrogens is 2. The minimum atomic E-state index is -4.25. The van der Waals surface area contributed by atoms with E-state index in [0.717, 1.165) is 12.4 Å². The van der Waals surface area contributed by atoms with Crippen LogP contribution >= 0.6 is 0 Å². The summed E-state index contributed by atoms with van der Waals surface area (Å²) >= 11 is 0. The number of methoxy groups -OCH3 is 1. The van der Waals surface area contributed by atoms with Gasteiger partial charge in [-0.2, -0.15) is 8.42 Å². The first kappa shape index (κ1) is 14.9. The van der Waals surface area contributed by atoms with Crippen LogP contribution in [-0.4, -0.2) is 41.9 Å². The summed E-state index contributed by atoms with van der Waals surface area (Å²) in [7, 11) is -2.85. The van der Waals surface area contributed by atoms with E-state index < -0.39 is 27.1 Å². The minimum absolute atomic E-state index is 0.0178. The van der Waals surface area contributed by atoms with Crippen molar-refractivity contribution in [2.45, 2.75) is 24.5 Å². The first-order chi connectivity index (χ1) is 8.40. The molecule has 0 fully saturated rings. The Bertz CT molecular complexity index is 477. The Morgan fingerprint density at radius 2 is 2.00 bits per heavy atom. The summed E-state index contributed by atoms with van der Waals surface area (Å²) in [6, 6.07) is 0. The molecule has 2 atom stereocenters. The molecule has 0 spiro atoms. The van der Waals surface area contributed by atoms with E-state index in [2.05, 4.69) is 9.97 Å². The van der Waals surface area contributed by atoms with Gasteiger partial charge in [0.1, 0.15) is 5.82 Å². The smallest absolute Gasteiger partial charge is 0.268 e. The van der Waals surface area contributed by atoms with Crippen molar-refractivity contribution in [3.63, 3.8) is 0 Å². The summed E-state index contributed by atoms with van der Waals surface area (Å²) < 4.78 is 49.4. The average molecular weight is 278 g/mol. The molecule has 1 aromatic rings. The molecular formula is C10H15FN2O4S. The monoisotopic (exact) mass is 278 g/mol. The fraction of sp³-hybridized carbons (Fsp3) is 0.600. The van der Waals surface area contributed by atoms with E-state index in [0.29, 0.717) is 0 Å². The molecule has 8 heteroatoms. The normalized spacial score (nSPS) is 15.3. The number of rotatable bonds is 6. The van der Waals surface area contributed by atoms with Gasteiger partial charge in [0, 0.05) is 7.11 Å². The predicted octanol–water partition coefficient (Wildman–Crippen LogP) is 1.01. The lowest BCUT2D eigenvalue weighted by molar-refractivity contribution is 0.172. The number of hydrogen-bond donors (Lipinski definition) is 1. The zero-order valence-corrected chi connectivity index (χ0v) is 10.9. The van der Waals surface area contributed by atoms with Crippen LogP contribution in [0.1, 0.15) is 25.1 Å². The van der Waals surface area contributed by atoms with Gasteiger partial charge in [-0.15, -0.1) is 0 Å². The predicted molar refractivity (Wildman–Crippen MR) is 62.2 cm³/mol. The number of nitrogens with zero attached hydrogens (tertiary/aromatic N) is 2. The third-order valence-corrected chi connectivity index (χ3v) is 3.98. The fourth-order valence-corrected chi connectivity index (χ4v) is 2.78. The molecule has 102 valence electrons. The van der Waals surface area contributed by atoms with E-state index in [1.165, 1.54) is 7.11 Å². The molecule has 0 radical (unpaired) electrons. The summed E-state index contributed by atoms with van der Waals surface area (Å²) in [5.41, 5.74) is 0. The average Bonchev–Trinajstić information content (AvgIpc) is 2.28. The van der Waals surface area contributed by atoms with Crippen molar-refractivity contribution in [1.82, 2.24) is 9.97 Å². The summed E-state index contributed by atoms with van der Waals surface area (Å²) in [5, 5.41) is -1.08. The van der Waals surface area contributed by atoms with E-state index in [1.807, 2.05) is 0 Å². The van der Waals surface area contributed by atoms with Gasteiger partial charge in [0.15, 0.2) is 5.82 Å². The molecule has 1 rings (SSSR count). The molecule has 1 heterocycles. The van der Waals surface area contributed by atoms with Gasteiger partial charge in [0.25, 0.3) is 10.1 Å². The Kier molecular flexibility index (Phi) is 5.12. The summed E-state index contributed by atoms with van der Waals surface area (Å²) in [4.78, 5) is 7.48. The maximum atomic E-state index is 12.7. The lowest BCUT2D eigenvalue weighted by Crippen LogP contribution is -2.31. The molecule has 1 aromatic heterocycles. The highest BCUT2D eigenvalue weighted by atomic mass is 32.2. The van der Waals surface area contributed by atoms with E-state index in [1.54, 1.807) is 6.92 Å². The van der Waals surface area contributed by atoms with E-state index in [4.69, 9.17) is 4.74 Å². The SMILES string of the molecule is CC[C@H]([C@@H](COC)c1ncc(F)cn1)S(=O)(=O)O. The third-order valence-electron chi connectivity index (χ3n) is 2.55. The second-order valence-electron chi connectivity index (χ2n) is 3.78. The Morgan fingerprint density at radius 1 is 1.44 bits per heavy atom. The first-order valence-electron chi connectivity index (χ1n) is 5.32. The minimum Gasteiger partial charge on any atom is -0.384 e. The molecular weight excluding hydrogens is 263 g/mol. The largest absolute Gasteiger partial charge is 0.384 e. The van der Waals surface area contributed by atoms with Crippen LogP contribution in [0.5, 0.6) is 0 Å². The highest BCUT2D eigenvalue weighted by Crippen LogP contribution is 2.24. The van der Waals surface area contributed by atoms with Gasteiger partial charge in [-0.25, -0.2) is 14.4 Å². The van der Waals surface area contributed by atoms with Crippen LogP contribution in [0.15, 0.2) is 12.4 Å². The van der Waals surface area contributed by atoms with Crippen molar-refractivity contribution < 1.29 is 22.1 Å². The third kappa shape index (κ3) is 3.69. The zero-order valence-electron chi connectivity index (χ0n) is 10.1. The summed E-state index contributed by atoms with van der Waals surface area (Å²) in [6.45, 7) is 1.63. The fourth-order valence-electron chi connectivity index (χ4n) is 1.74. The molecule has 0 amide bonds. The van der Waals surface area contributed by atoms with Crippen LogP contribution < -0.4 is 0 Å². The Morgan fingerprint density at radius 3 is 2.39 bits per heavy atom. The van der Waals surface area contributed by atoms with Crippen molar-refractivity contribution in [1.29, 1.82) is 0 Å². The van der Waals surface area contributed by atoms with Crippen LogP contribution in [0.25, 0.3) is 0 Å². The highest BCUT2D eigenvalue weighted by Gasteiger charge is 2.33. The molecule has 18 heavy (non-hydrogen) atoms. The van der Waals surface area contributed by atoms with Crippen molar-refractivity contribution in [2.24, 2.45) is 0 Å². The van der Waals surface area contributed by atoms with Crippen LogP contribution in [0.4, 0.5) is 4.39 Å². The Labute approximate surface area is 105 Å². The molecule has 0 aromatic carbocycles.